The molecule has 292 valence electrons. The van der Waals surface area contributed by atoms with Gasteiger partial charge in [0.15, 0.2) is 17.2 Å². The summed E-state index contributed by atoms with van der Waals surface area (Å²) in [6.45, 7) is 0.593. The Hall–Kier alpha value is -7.75. The minimum absolute atomic E-state index is 0.107. The van der Waals surface area contributed by atoms with Gasteiger partial charge in [0.2, 0.25) is 0 Å². The molecule has 3 heterocycles. The Morgan fingerprint density at radius 1 is 0.633 bits per heavy atom. The number of fused-ring (bicyclic) bond motifs is 1. The van der Waals surface area contributed by atoms with Crippen molar-refractivity contribution in [2.24, 2.45) is 0 Å². The lowest BCUT2D eigenvalue weighted by molar-refractivity contribution is -0.130. The third kappa shape index (κ3) is 8.57. The summed E-state index contributed by atoms with van der Waals surface area (Å²) in [4.78, 5) is 21.6. The summed E-state index contributed by atoms with van der Waals surface area (Å²) in [6.07, 6.45) is 10.1. The van der Waals surface area contributed by atoms with Crippen molar-refractivity contribution < 1.29 is 24.1 Å². The fraction of sp³-hybridized carbons (Fsp3) is 0.0392. The summed E-state index contributed by atoms with van der Waals surface area (Å²) in [5.74, 6) is 1.08. The van der Waals surface area contributed by atoms with Crippen LogP contribution in [-0.2, 0) is 18.0 Å². The minimum atomic E-state index is -1.07. The predicted octanol–water partition coefficient (Wildman–Crippen LogP) is 12.4. The molecule has 9 heteroatoms. The van der Waals surface area contributed by atoms with Crippen molar-refractivity contribution >= 4 is 39.0 Å². The standard InChI is InChI=1S/C51H37N3O5S/c55-51(56)44(41-23-25-52-26-24-41)30-49-50(59-43-21-19-42(20-22-43)54-28-27-53-34-54)45-29-46(57-32-35-11-15-39(16-12-35)37-7-3-1-4-8-37)47(31-48(45)60-49)58-33-36-13-17-40(18-14-36)38-9-5-2-6-10-38/h1-31,34H,32-33H2,(H,55,56)/b44-30+. The number of carboxylic acid groups (broad SMARTS) is 1. The van der Waals surface area contributed by atoms with Gasteiger partial charge in [-0.25, -0.2) is 9.78 Å². The minimum Gasteiger partial charge on any atom is -0.485 e. The highest BCUT2D eigenvalue weighted by molar-refractivity contribution is 7.20. The molecule has 1 N–H and O–H groups in total. The fourth-order valence-electron chi connectivity index (χ4n) is 6.84. The Bertz CT molecular complexity index is 2880. The lowest BCUT2D eigenvalue weighted by atomic mass is 10.0. The monoisotopic (exact) mass is 803 g/mol. The Morgan fingerprint density at radius 2 is 1.20 bits per heavy atom. The molecule has 0 saturated heterocycles. The number of rotatable bonds is 14. The van der Waals surface area contributed by atoms with Gasteiger partial charge in [-0.05, 0) is 87.5 Å². The molecular formula is C51H37N3O5S. The molecular weight excluding hydrogens is 767 g/mol. The molecule has 0 unspecified atom stereocenters. The molecule has 0 aliphatic heterocycles. The highest BCUT2D eigenvalue weighted by Crippen LogP contribution is 2.47. The molecule has 0 amide bonds. The van der Waals surface area contributed by atoms with E-state index in [2.05, 4.69) is 82.8 Å². The van der Waals surface area contributed by atoms with Crippen LogP contribution in [0.1, 0.15) is 21.6 Å². The summed E-state index contributed by atoms with van der Waals surface area (Å²) < 4.78 is 22.6. The second-order valence-electron chi connectivity index (χ2n) is 14.0. The van der Waals surface area contributed by atoms with Gasteiger partial charge in [0, 0.05) is 46.6 Å². The summed E-state index contributed by atoms with van der Waals surface area (Å²) in [7, 11) is 0. The van der Waals surface area contributed by atoms with Crippen LogP contribution in [0.25, 0.3) is 49.7 Å². The first-order chi connectivity index (χ1) is 29.5. The zero-order valence-electron chi connectivity index (χ0n) is 32.2. The fourth-order valence-corrected chi connectivity index (χ4v) is 7.93. The smallest absolute Gasteiger partial charge is 0.336 e. The Balaban J connectivity index is 1.10. The van der Waals surface area contributed by atoms with Crippen molar-refractivity contribution in [1.82, 2.24) is 14.5 Å². The summed E-state index contributed by atoms with van der Waals surface area (Å²) >= 11 is 1.41. The quantitative estimate of drug-likeness (QED) is 0.109. The second-order valence-corrected chi connectivity index (χ2v) is 15.0. The number of carboxylic acids is 1. The highest BCUT2D eigenvalue weighted by atomic mass is 32.1. The van der Waals surface area contributed by atoms with Gasteiger partial charge in [-0.2, -0.15) is 0 Å². The summed E-state index contributed by atoms with van der Waals surface area (Å²) in [6, 6.07) is 52.1. The van der Waals surface area contributed by atoms with Crippen molar-refractivity contribution in [3.8, 4) is 50.9 Å². The van der Waals surface area contributed by atoms with E-state index in [-0.39, 0.29) is 12.2 Å². The van der Waals surface area contributed by atoms with E-state index >= 15 is 0 Å². The number of aromatic nitrogens is 3. The van der Waals surface area contributed by atoms with E-state index in [1.165, 1.54) is 11.3 Å². The molecule has 60 heavy (non-hydrogen) atoms. The Morgan fingerprint density at radius 3 is 1.75 bits per heavy atom. The lowest BCUT2D eigenvalue weighted by Gasteiger charge is -2.15. The van der Waals surface area contributed by atoms with E-state index in [0.717, 1.165) is 49.2 Å². The number of imidazole rings is 1. The highest BCUT2D eigenvalue weighted by Gasteiger charge is 2.21. The molecule has 8 nitrogen and oxygen atoms in total. The molecule has 3 aromatic heterocycles. The van der Waals surface area contributed by atoms with E-state index < -0.39 is 5.97 Å². The van der Waals surface area contributed by atoms with Gasteiger partial charge in [0.25, 0.3) is 0 Å². The van der Waals surface area contributed by atoms with Crippen molar-refractivity contribution in [1.29, 1.82) is 0 Å². The first kappa shape index (κ1) is 37.8. The van der Waals surface area contributed by atoms with Crippen LogP contribution in [0, 0.1) is 0 Å². The topological polar surface area (TPSA) is 95.7 Å². The number of hydrogen-bond acceptors (Lipinski definition) is 7. The number of carbonyl (C=O) groups is 1. The van der Waals surface area contributed by atoms with E-state index in [4.69, 9.17) is 14.2 Å². The van der Waals surface area contributed by atoms with E-state index in [1.54, 1.807) is 43.1 Å². The Kier molecular flexibility index (Phi) is 11.0. The van der Waals surface area contributed by atoms with Crippen molar-refractivity contribution in [3.63, 3.8) is 0 Å². The number of hydrogen-bond donors (Lipinski definition) is 1. The second kappa shape index (κ2) is 17.4. The van der Waals surface area contributed by atoms with E-state index in [9.17, 15) is 9.90 Å². The van der Waals surface area contributed by atoms with Crippen LogP contribution in [0.15, 0.2) is 189 Å². The maximum Gasteiger partial charge on any atom is 0.336 e. The molecule has 9 aromatic rings. The first-order valence-electron chi connectivity index (χ1n) is 19.3. The third-order valence-electron chi connectivity index (χ3n) is 10.0. The number of thiophene rings is 1. The molecule has 0 aliphatic rings. The first-order valence-corrected chi connectivity index (χ1v) is 20.1. The Labute approximate surface area is 350 Å². The average Bonchev–Trinajstić information content (AvgIpc) is 3.96. The van der Waals surface area contributed by atoms with Gasteiger partial charge in [0.1, 0.15) is 19.0 Å². The van der Waals surface area contributed by atoms with Gasteiger partial charge in [0.05, 0.1) is 16.8 Å². The number of aliphatic carboxylic acids is 1. The average molecular weight is 804 g/mol. The van der Waals surface area contributed by atoms with Crippen molar-refractivity contribution in [3.05, 3.63) is 210 Å². The van der Waals surface area contributed by atoms with Crippen LogP contribution < -0.4 is 14.2 Å². The molecule has 0 spiro atoms. The normalized spacial score (nSPS) is 11.4. The number of benzene rings is 6. The van der Waals surface area contributed by atoms with Gasteiger partial charge >= 0.3 is 5.97 Å². The van der Waals surface area contributed by atoms with Crippen LogP contribution in [0.3, 0.4) is 0 Å². The van der Waals surface area contributed by atoms with Crippen LogP contribution >= 0.6 is 11.3 Å². The number of pyridine rings is 1. The van der Waals surface area contributed by atoms with Gasteiger partial charge in [-0.15, -0.1) is 11.3 Å². The maximum absolute atomic E-state index is 12.7. The van der Waals surface area contributed by atoms with Crippen LogP contribution in [-0.4, -0.2) is 25.6 Å². The van der Waals surface area contributed by atoms with Gasteiger partial charge < -0.3 is 23.9 Å². The van der Waals surface area contributed by atoms with Crippen molar-refractivity contribution in [2.75, 3.05) is 0 Å². The number of ether oxygens (including phenoxy) is 3. The maximum atomic E-state index is 12.7. The van der Waals surface area contributed by atoms with Crippen LogP contribution in [0.4, 0.5) is 0 Å². The molecule has 0 bridgehead atoms. The van der Waals surface area contributed by atoms with Crippen LogP contribution in [0.5, 0.6) is 23.0 Å². The van der Waals surface area contributed by atoms with Crippen LogP contribution in [0.2, 0.25) is 0 Å². The van der Waals surface area contributed by atoms with Gasteiger partial charge in [-0.3, -0.25) is 4.98 Å². The molecule has 0 radical (unpaired) electrons. The lowest BCUT2D eigenvalue weighted by Crippen LogP contribution is -2.01. The molecule has 0 aliphatic carbocycles. The zero-order chi connectivity index (χ0) is 40.7. The van der Waals surface area contributed by atoms with E-state index in [1.807, 2.05) is 83.6 Å². The van der Waals surface area contributed by atoms with Crippen molar-refractivity contribution in [2.45, 2.75) is 13.2 Å². The molecule has 0 saturated carbocycles. The molecule has 6 aromatic carbocycles. The molecule has 0 atom stereocenters. The van der Waals surface area contributed by atoms with Gasteiger partial charge in [-0.1, -0.05) is 109 Å². The summed E-state index contributed by atoms with van der Waals surface area (Å²) in [5, 5.41) is 11.1. The third-order valence-corrected chi connectivity index (χ3v) is 11.1. The molecule has 0 fully saturated rings. The number of nitrogens with zero attached hydrogens (tertiary/aromatic N) is 3. The SMILES string of the molecule is O=C(O)/C(=C/c1sc2cc(OCc3ccc(-c4ccccc4)cc3)c(OCc3ccc(-c4ccccc4)cc3)cc2c1Oc1ccc(-n2ccnc2)cc1)c1ccncc1. The largest absolute Gasteiger partial charge is 0.485 e. The van der Waals surface area contributed by atoms with E-state index in [0.29, 0.717) is 40.0 Å². The zero-order valence-corrected chi connectivity index (χ0v) is 33.0. The molecule has 9 rings (SSSR count). The predicted molar refractivity (Wildman–Crippen MR) is 238 cm³/mol. The summed E-state index contributed by atoms with van der Waals surface area (Å²) in [5.41, 5.74) is 8.07.